The summed E-state index contributed by atoms with van der Waals surface area (Å²) in [7, 11) is 0. The second-order valence-corrected chi connectivity index (χ2v) is 3.54. The third-order valence-electron chi connectivity index (χ3n) is 2.28. The molecule has 0 bridgehead atoms. The Bertz CT molecular complexity index is 383. The van der Waals surface area contributed by atoms with Crippen molar-refractivity contribution in [2.24, 2.45) is 5.73 Å². The van der Waals surface area contributed by atoms with Crippen molar-refractivity contribution in [3.05, 3.63) is 35.1 Å². The van der Waals surface area contributed by atoms with Gasteiger partial charge >= 0.3 is 0 Å². The maximum absolute atomic E-state index is 13.5. The van der Waals surface area contributed by atoms with Crippen molar-refractivity contribution in [3.63, 3.8) is 0 Å². The Labute approximate surface area is 100.0 Å². The fraction of sp³-hybridized carbons (Fsp3) is 0.417. The van der Waals surface area contributed by atoms with Gasteiger partial charge < -0.3 is 15.8 Å². The maximum Gasteiger partial charge on any atom is 0.248 e. The fourth-order valence-electron chi connectivity index (χ4n) is 1.36. The van der Waals surface area contributed by atoms with E-state index < -0.39 is 11.7 Å². The van der Waals surface area contributed by atoms with E-state index >= 15 is 0 Å². The number of carbonyl (C=O) groups excluding carboxylic acids is 1. The number of primary amides is 1. The highest BCUT2D eigenvalue weighted by Gasteiger charge is 2.06. The van der Waals surface area contributed by atoms with Gasteiger partial charge in [-0.1, -0.05) is 6.07 Å². The molecular weight excluding hydrogens is 223 g/mol. The summed E-state index contributed by atoms with van der Waals surface area (Å²) < 4.78 is 18.6. The first-order chi connectivity index (χ1) is 8.15. The molecule has 0 aliphatic carbocycles. The Morgan fingerprint density at radius 3 is 2.88 bits per heavy atom. The molecule has 3 N–H and O–H groups in total. The van der Waals surface area contributed by atoms with Gasteiger partial charge in [0.2, 0.25) is 5.91 Å². The molecule has 0 atom stereocenters. The van der Waals surface area contributed by atoms with Gasteiger partial charge in [-0.25, -0.2) is 4.39 Å². The van der Waals surface area contributed by atoms with E-state index in [4.69, 9.17) is 10.5 Å². The molecule has 0 aliphatic heterocycles. The van der Waals surface area contributed by atoms with Crippen molar-refractivity contribution in [3.8, 4) is 0 Å². The molecule has 1 rings (SSSR count). The van der Waals surface area contributed by atoms with Crippen molar-refractivity contribution in [1.82, 2.24) is 5.32 Å². The molecule has 0 unspecified atom stereocenters. The molecule has 1 amide bonds. The summed E-state index contributed by atoms with van der Waals surface area (Å²) in [4.78, 5) is 10.8. The van der Waals surface area contributed by atoms with Gasteiger partial charge in [0.1, 0.15) is 5.82 Å². The highest BCUT2D eigenvalue weighted by molar-refractivity contribution is 5.92. The molecule has 94 valence electrons. The lowest BCUT2D eigenvalue weighted by Crippen LogP contribution is -2.20. The lowest BCUT2D eigenvalue weighted by Gasteiger charge is -2.07. The van der Waals surface area contributed by atoms with Gasteiger partial charge in [-0.3, -0.25) is 4.79 Å². The van der Waals surface area contributed by atoms with E-state index in [0.717, 1.165) is 6.07 Å². The van der Waals surface area contributed by atoms with Gasteiger partial charge in [0.25, 0.3) is 0 Å². The summed E-state index contributed by atoms with van der Waals surface area (Å²) in [5.74, 6) is -1.05. The van der Waals surface area contributed by atoms with Crippen LogP contribution in [-0.4, -0.2) is 25.7 Å². The number of benzene rings is 1. The molecule has 0 aliphatic rings. The van der Waals surface area contributed by atoms with E-state index in [9.17, 15) is 9.18 Å². The van der Waals surface area contributed by atoms with Crippen LogP contribution in [-0.2, 0) is 11.3 Å². The first kappa shape index (κ1) is 13.6. The topological polar surface area (TPSA) is 64.3 Å². The number of hydrogen-bond donors (Lipinski definition) is 2. The third-order valence-corrected chi connectivity index (χ3v) is 2.28. The number of nitrogens with one attached hydrogen (secondary N) is 1. The number of rotatable bonds is 7. The smallest absolute Gasteiger partial charge is 0.248 e. The van der Waals surface area contributed by atoms with Gasteiger partial charge in [0, 0.05) is 30.8 Å². The van der Waals surface area contributed by atoms with Crippen molar-refractivity contribution < 1.29 is 13.9 Å². The second kappa shape index (κ2) is 6.98. The van der Waals surface area contributed by atoms with Crippen LogP contribution < -0.4 is 11.1 Å². The standard InChI is InChI=1S/C12H17FN2O2/c1-2-17-6-5-15-8-10-4-3-9(12(14)16)7-11(10)13/h3-4,7,15H,2,5-6,8H2,1H3,(H2,14,16). The molecule has 0 saturated carbocycles. The summed E-state index contributed by atoms with van der Waals surface area (Å²) in [6.45, 7) is 4.24. The minimum absolute atomic E-state index is 0.181. The Hall–Kier alpha value is -1.46. The molecule has 1 aromatic carbocycles. The van der Waals surface area contributed by atoms with Crippen LogP contribution in [0.3, 0.4) is 0 Å². The number of halogens is 1. The Morgan fingerprint density at radius 1 is 1.53 bits per heavy atom. The predicted molar refractivity (Wildman–Crippen MR) is 63.1 cm³/mol. The van der Waals surface area contributed by atoms with Gasteiger partial charge in [-0.05, 0) is 19.1 Å². The molecule has 5 heteroatoms. The van der Waals surface area contributed by atoms with Crippen molar-refractivity contribution >= 4 is 5.91 Å². The number of hydrogen-bond acceptors (Lipinski definition) is 3. The van der Waals surface area contributed by atoms with Crippen molar-refractivity contribution in [1.29, 1.82) is 0 Å². The number of carbonyl (C=O) groups is 1. The quantitative estimate of drug-likeness (QED) is 0.700. The molecule has 0 heterocycles. The zero-order valence-electron chi connectivity index (χ0n) is 9.83. The van der Waals surface area contributed by atoms with Gasteiger partial charge in [-0.2, -0.15) is 0 Å². The van der Waals surface area contributed by atoms with E-state index in [0.29, 0.717) is 31.9 Å². The minimum atomic E-state index is -0.625. The lowest BCUT2D eigenvalue weighted by molar-refractivity contribution is 0.1000. The first-order valence-electron chi connectivity index (χ1n) is 5.51. The van der Waals surface area contributed by atoms with E-state index in [1.165, 1.54) is 6.07 Å². The van der Waals surface area contributed by atoms with Crippen LogP contribution in [0.1, 0.15) is 22.8 Å². The van der Waals surface area contributed by atoms with Gasteiger partial charge in [0.15, 0.2) is 0 Å². The lowest BCUT2D eigenvalue weighted by atomic mass is 10.1. The normalized spacial score (nSPS) is 10.5. The van der Waals surface area contributed by atoms with Crippen LogP contribution in [0.25, 0.3) is 0 Å². The van der Waals surface area contributed by atoms with Crippen LogP contribution in [0, 0.1) is 5.82 Å². The fourth-order valence-corrected chi connectivity index (χ4v) is 1.36. The summed E-state index contributed by atoms with van der Waals surface area (Å²) in [6.07, 6.45) is 0. The third kappa shape index (κ3) is 4.50. The Morgan fingerprint density at radius 2 is 2.29 bits per heavy atom. The highest BCUT2D eigenvalue weighted by atomic mass is 19.1. The second-order valence-electron chi connectivity index (χ2n) is 3.54. The number of nitrogens with two attached hydrogens (primary N) is 1. The van der Waals surface area contributed by atoms with Crippen molar-refractivity contribution in [2.45, 2.75) is 13.5 Å². The van der Waals surface area contributed by atoms with Crippen LogP contribution in [0.2, 0.25) is 0 Å². The molecule has 0 fully saturated rings. The zero-order valence-corrected chi connectivity index (χ0v) is 9.83. The molecule has 0 radical (unpaired) electrons. The molecule has 1 aromatic rings. The van der Waals surface area contributed by atoms with Crippen molar-refractivity contribution in [2.75, 3.05) is 19.8 Å². The number of amides is 1. The summed E-state index contributed by atoms with van der Waals surface area (Å²) in [6, 6.07) is 4.23. The average Bonchev–Trinajstić information content (AvgIpc) is 2.30. The molecule has 4 nitrogen and oxygen atoms in total. The van der Waals surface area contributed by atoms with E-state index in [2.05, 4.69) is 5.32 Å². The van der Waals surface area contributed by atoms with Crippen LogP contribution in [0.15, 0.2) is 18.2 Å². The molecule has 17 heavy (non-hydrogen) atoms. The van der Waals surface area contributed by atoms with Gasteiger partial charge in [0.05, 0.1) is 6.61 Å². The Kier molecular flexibility index (Phi) is 5.59. The monoisotopic (exact) mass is 240 g/mol. The van der Waals surface area contributed by atoms with Gasteiger partial charge in [-0.15, -0.1) is 0 Å². The number of ether oxygens (including phenoxy) is 1. The minimum Gasteiger partial charge on any atom is -0.380 e. The van der Waals surface area contributed by atoms with Crippen LogP contribution >= 0.6 is 0 Å². The highest BCUT2D eigenvalue weighted by Crippen LogP contribution is 2.09. The average molecular weight is 240 g/mol. The maximum atomic E-state index is 13.5. The van der Waals surface area contributed by atoms with E-state index in [1.807, 2.05) is 6.92 Å². The zero-order chi connectivity index (χ0) is 12.7. The summed E-state index contributed by atoms with van der Waals surface area (Å²) in [5.41, 5.74) is 5.74. The molecular formula is C12H17FN2O2. The molecule has 0 aromatic heterocycles. The summed E-state index contributed by atoms with van der Waals surface area (Å²) in [5, 5.41) is 3.04. The first-order valence-corrected chi connectivity index (χ1v) is 5.51. The van der Waals surface area contributed by atoms with Crippen LogP contribution in [0.5, 0.6) is 0 Å². The van der Waals surface area contributed by atoms with E-state index in [1.54, 1.807) is 6.07 Å². The SMILES string of the molecule is CCOCCNCc1ccc(C(N)=O)cc1F. The van der Waals surface area contributed by atoms with Crippen LogP contribution in [0.4, 0.5) is 4.39 Å². The largest absolute Gasteiger partial charge is 0.380 e. The summed E-state index contributed by atoms with van der Waals surface area (Å²) >= 11 is 0. The van der Waals surface area contributed by atoms with E-state index in [-0.39, 0.29) is 5.56 Å². The molecule has 0 spiro atoms. The Balaban J connectivity index is 2.46. The predicted octanol–water partition coefficient (Wildman–Crippen LogP) is 1.05. The molecule has 0 saturated heterocycles.